The van der Waals surface area contributed by atoms with E-state index in [9.17, 15) is 0 Å². The van der Waals surface area contributed by atoms with Crippen molar-refractivity contribution < 1.29 is 0 Å². The minimum Gasteiger partial charge on any atom is -0.380 e. The van der Waals surface area contributed by atoms with Crippen molar-refractivity contribution in [3.63, 3.8) is 0 Å². The third-order valence-corrected chi connectivity index (χ3v) is 2.78. The van der Waals surface area contributed by atoms with Crippen molar-refractivity contribution in [1.82, 2.24) is 4.98 Å². The lowest BCUT2D eigenvalue weighted by atomic mass is 10.2. The minimum absolute atomic E-state index is 0.578. The van der Waals surface area contributed by atoms with E-state index in [-0.39, 0.29) is 0 Å². The molecule has 13 heavy (non-hydrogen) atoms. The highest BCUT2D eigenvalue weighted by atomic mass is 35.5. The van der Waals surface area contributed by atoms with Gasteiger partial charge in [0.1, 0.15) is 0 Å². The van der Waals surface area contributed by atoms with Crippen molar-refractivity contribution >= 4 is 17.3 Å². The van der Waals surface area contributed by atoms with Crippen LogP contribution in [0.2, 0.25) is 5.15 Å². The molecule has 1 aromatic heterocycles. The van der Waals surface area contributed by atoms with Gasteiger partial charge in [-0.1, -0.05) is 24.4 Å². The molecule has 2 rings (SSSR count). The first-order chi connectivity index (χ1) is 6.36. The van der Waals surface area contributed by atoms with Gasteiger partial charge >= 0.3 is 0 Å². The van der Waals surface area contributed by atoms with Crippen LogP contribution < -0.4 is 5.32 Å². The van der Waals surface area contributed by atoms with Crippen LogP contribution in [0.3, 0.4) is 0 Å². The van der Waals surface area contributed by atoms with Gasteiger partial charge in [0.15, 0.2) is 5.15 Å². The van der Waals surface area contributed by atoms with E-state index in [0.29, 0.717) is 11.2 Å². The molecule has 1 fully saturated rings. The van der Waals surface area contributed by atoms with Crippen LogP contribution in [-0.2, 0) is 0 Å². The summed E-state index contributed by atoms with van der Waals surface area (Å²) >= 11 is 5.93. The molecule has 0 radical (unpaired) electrons. The standard InChI is InChI=1S/C10H13ClN2/c11-10-9(6-3-7-12-10)13-8-4-1-2-5-8/h3,6-8,13H,1-2,4-5H2. The van der Waals surface area contributed by atoms with Crippen LogP contribution in [0.5, 0.6) is 0 Å². The molecular formula is C10H13ClN2. The summed E-state index contributed by atoms with van der Waals surface area (Å²) < 4.78 is 0. The van der Waals surface area contributed by atoms with Crippen LogP contribution in [0.4, 0.5) is 5.69 Å². The first-order valence-corrected chi connectivity index (χ1v) is 5.11. The average Bonchev–Trinajstić information content (AvgIpc) is 2.61. The lowest BCUT2D eigenvalue weighted by Gasteiger charge is -2.13. The molecule has 70 valence electrons. The van der Waals surface area contributed by atoms with E-state index < -0.39 is 0 Å². The van der Waals surface area contributed by atoms with Gasteiger partial charge in [-0.2, -0.15) is 0 Å². The summed E-state index contributed by atoms with van der Waals surface area (Å²) in [7, 11) is 0. The zero-order valence-electron chi connectivity index (χ0n) is 7.46. The number of rotatable bonds is 2. The number of halogens is 1. The van der Waals surface area contributed by atoms with Crippen molar-refractivity contribution in [3.05, 3.63) is 23.5 Å². The lowest BCUT2D eigenvalue weighted by molar-refractivity contribution is 0.755. The molecule has 0 amide bonds. The molecule has 0 aromatic carbocycles. The number of hydrogen-bond acceptors (Lipinski definition) is 2. The topological polar surface area (TPSA) is 24.9 Å². The second-order valence-electron chi connectivity index (χ2n) is 3.47. The molecule has 1 aliphatic rings. The SMILES string of the molecule is Clc1ncccc1NC1CCCC1. The smallest absolute Gasteiger partial charge is 0.152 e. The maximum Gasteiger partial charge on any atom is 0.152 e. The molecule has 0 unspecified atom stereocenters. The molecule has 3 heteroatoms. The Hall–Kier alpha value is -0.760. The lowest BCUT2D eigenvalue weighted by Crippen LogP contribution is -2.14. The number of anilines is 1. The van der Waals surface area contributed by atoms with Gasteiger partial charge in [-0.25, -0.2) is 4.98 Å². The van der Waals surface area contributed by atoms with E-state index in [4.69, 9.17) is 11.6 Å². The molecule has 1 aliphatic carbocycles. The molecule has 1 heterocycles. The maximum absolute atomic E-state index is 5.93. The molecule has 0 bridgehead atoms. The Morgan fingerprint density at radius 1 is 1.38 bits per heavy atom. The van der Waals surface area contributed by atoms with Gasteiger partial charge in [-0.3, -0.25) is 0 Å². The summed E-state index contributed by atoms with van der Waals surface area (Å²) in [5.41, 5.74) is 0.969. The fraction of sp³-hybridized carbons (Fsp3) is 0.500. The van der Waals surface area contributed by atoms with E-state index in [1.165, 1.54) is 25.7 Å². The number of nitrogens with one attached hydrogen (secondary N) is 1. The van der Waals surface area contributed by atoms with Gasteiger partial charge < -0.3 is 5.32 Å². The zero-order valence-corrected chi connectivity index (χ0v) is 8.22. The van der Waals surface area contributed by atoms with Crippen LogP contribution in [0, 0.1) is 0 Å². The van der Waals surface area contributed by atoms with Crippen LogP contribution in [0.1, 0.15) is 25.7 Å². The number of nitrogens with zero attached hydrogens (tertiary/aromatic N) is 1. The quantitative estimate of drug-likeness (QED) is 0.736. The fourth-order valence-electron chi connectivity index (χ4n) is 1.78. The summed E-state index contributed by atoms with van der Waals surface area (Å²) in [6, 6.07) is 4.48. The molecule has 1 N–H and O–H groups in total. The van der Waals surface area contributed by atoms with E-state index in [1.54, 1.807) is 6.20 Å². The molecule has 0 atom stereocenters. The van der Waals surface area contributed by atoms with E-state index in [1.807, 2.05) is 12.1 Å². The molecule has 1 aromatic rings. The Balaban J connectivity index is 2.04. The van der Waals surface area contributed by atoms with Crippen LogP contribution >= 0.6 is 11.6 Å². The summed E-state index contributed by atoms with van der Waals surface area (Å²) in [6.07, 6.45) is 6.88. The number of pyridine rings is 1. The summed E-state index contributed by atoms with van der Waals surface area (Å²) in [6.45, 7) is 0. The van der Waals surface area contributed by atoms with Gasteiger partial charge in [0.05, 0.1) is 5.69 Å². The van der Waals surface area contributed by atoms with Crippen LogP contribution in [0.15, 0.2) is 18.3 Å². The van der Waals surface area contributed by atoms with Gasteiger partial charge in [0.2, 0.25) is 0 Å². The highest BCUT2D eigenvalue weighted by Crippen LogP contribution is 2.25. The minimum atomic E-state index is 0.578. The third-order valence-electron chi connectivity index (χ3n) is 2.47. The Morgan fingerprint density at radius 3 is 2.85 bits per heavy atom. The molecule has 0 spiro atoms. The highest BCUT2D eigenvalue weighted by Gasteiger charge is 2.15. The number of aromatic nitrogens is 1. The van der Waals surface area contributed by atoms with E-state index >= 15 is 0 Å². The molecule has 0 saturated heterocycles. The maximum atomic E-state index is 5.93. The van der Waals surface area contributed by atoms with Crippen LogP contribution in [-0.4, -0.2) is 11.0 Å². The van der Waals surface area contributed by atoms with E-state index in [2.05, 4.69) is 10.3 Å². The largest absolute Gasteiger partial charge is 0.380 e. The van der Waals surface area contributed by atoms with Crippen molar-refractivity contribution in [2.24, 2.45) is 0 Å². The average molecular weight is 197 g/mol. The van der Waals surface area contributed by atoms with E-state index in [0.717, 1.165) is 5.69 Å². The highest BCUT2D eigenvalue weighted by molar-refractivity contribution is 6.31. The summed E-state index contributed by atoms with van der Waals surface area (Å²) in [5.74, 6) is 0. The fourth-order valence-corrected chi connectivity index (χ4v) is 1.96. The van der Waals surface area contributed by atoms with Gasteiger partial charge in [0.25, 0.3) is 0 Å². The monoisotopic (exact) mass is 196 g/mol. The van der Waals surface area contributed by atoms with Crippen molar-refractivity contribution in [1.29, 1.82) is 0 Å². The van der Waals surface area contributed by atoms with Crippen molar-refractivity contribution in [2.45, 2.75) is 31.7 Å². The van der Waals surface area contributed by atoms with Gasteiger partial charge in [0, 0.05) is 12.2 Å². The van der Waals surface area contributed by atoms with Gasteiger partial charge in [-0.15, -0.1) is 0 Å². The second kappa shape index (κ2) is 3.97. The number of hydrogen-bond donors (Lipinski definition) is 1. The zero-order chi connectivity index (χ0) is 9.10. The summed E-state index contributed by atoms with van der Waals surface area (Å²) in [4.78, 5) is 4.02. The Kier molecular flexibility index (Phi) is 2.69. The second-order valence-corrected chi connectivity index (χ2v) is 3.83. The predicted molar refractivity (Wildman–Crippen MR) is 55.1 cm³/mol. The summed E-state index contributed by atoms with van der Waals surface area (Å²) in [5, 5.41) is 3.99. The molecular weight excluding hydrogens is 184 g/mol. The molecule has 2 nitrogen and oxygen atoms in total. The van der Waals surface area contributed by atoms with Crippen molar-refractivity contribution in [3.8, 4) is 0 Å². The predicted octanol–water partition coefficient (Wildman–Crippen LogP) is 3.09. The molecule has 1 saturated carbocycles. The Morgan fingerprint density at radius 2 is 2.15 bits per heavy atom. The Labute approximate surface area is 83.3 Å². The van der Waals surface area contributed by atoms with Crippen molar-refractivity contribution in [2.75, 3.05) is 5.32 Å². The first-order valence-electron chi connectivity index (χ1n) is 4.73. The van der Waals surface area contributed by atoms with Gasteiger partial charge in [-0.05, 0) is 25.0 Å². The first kappa shape index (κ1) is 8.82. The molecule has 0 aliphatic heterocycles. The Bertz CT molecular complexity index is 282. The van der Waals surface area contributed by atoms with Crippen LogP contribution in [0.25, 0.3) is 0 Å². The normalized spacial score (nSPS) is 17.6. The third kappa shape index (κ3) is 2.13.